The summed E-state index contributed by atoms with van der Waals surface area (Å²) in [6.07, 6.45) is 1.66. The summed E-state index contributed by atoms with van der Waals surface area (Å²) in [5, 5.41) is 9.10. The van der Waals surface area contributed by atoms with Crippen molar-refractivity contribution >= 4 is 5.69 Å². The molecule has 2 aromatic rings. The average Bonchev–Trinajstić information content (AvgIpc) is 2.46. The van der Waals surface area contributed by atoms with Crippen LogP contribution in [0, 0.1) is 18.3 Å². The van der Waals surface area contributed by atoms with Gasteiger partial charge in [-0.15, -0.1) is 0 Å². The van der Waals surface area contributed by atoms with Gasteiger partial charge in [0.2, 0.25) is 0 Å². The first-order valence-corrected chi connectivity index (χ1v) is 6.40. The van der Waals surface area contributed by atoms with Crippen molar-refractivity contribution in [3.8, 4) is 6.07 Å². The minimum atomic E-state index is 0.509. The maximum absolute atomic E-state index is 9.10. The van der Waals surface area contributed by atoms with Crippen LogP contribution in [0.1, 0.15) is 23.7 Å². The average molecular weight is 251 g/mol. The van der Waals surface area contributed by atoms with Crippen LogP contribution in [0.3, 0.4) is 0 Å². The normalized spacial score (nSPS) is 9.95. The molecule has 96 valence electrons. The summed E-state index contributed by atoms with van der Waals surface area (Å²) < 4.78 is 0. The van der Waals surface area contributed by atoms with Gasteiger partial charge in [0, 0.05) is 30.5 Å². The fourth-order valence-electron chi connectivity index (χ4n) is 2.16. The molecule has 2 rings (SSSR count). The highest BCUT2D eigenvalue weighted by atomic mass is 15.1. The smallest absolute Gasteiger partial charge is 0.145 e. The molecule has 0 unspecified atom stereocenters. The van der Waals surface area contributed by atoms with E-state index in [4.69, 9.17) is 5.26 Å². The third-order valence-corrected chi connectivity index (χ3v) is 3.20. The van der Waals surface area contributed by atoms with Crippen LogP contribution in [0.15, 0.2) is 42.6 Å². The quantitative estimate of drug-likeness (QED) is 0.837. The molecule has 1 aromatic heterocycles. The van der Waals surface area contributed by atoms with E-state index in [9.17, 15) is 0 Å². The van der Waals surface area contributed by atoms with Crippen molar-refractivity contribution in [2.24, 2.45) is 0 Å². The molecule has 0 aliphatic heterocycles. The van der Waals surface area contributed by atoms with E-state index in [-0.39, 0.29) is 0 Å². The SMILES string of the molecule is CCN(Cc1cccnc1C#N)c1ccccc1C. The van der Waals surface area contributed by atoms with Crippen molar-refractivity contribution < 1.29 is 0 Å². The van der Waals surface area contributed by atoms with Gasteiger partial charge in [-0.2, -0.15) is 5.26 Å². The molecule has 0 aliphatic rings. The molecule has 1 aromatic carbocycles. The number of pyridine rings is 1. The summed E-state index contributed by atoms with van der Waals surface area (Å²) in [6, 6.07) is 14.3. The van der Waals surface area contributed by atoms with Crippen molar-refractivity contribution in [2.45, 2.75) is 20.4 Å². The Morgan fingerprint density at radius 1 is 1.21 bits per heavy atom. The van der Waals surface area contributed by atoms with E-state index in [1.165, 1.54) is 11.3 Å². The molecular weight excluding hydrogens is 234 g/mol. The van der Waals surface area contributed by atoms with E-state index in [2.05, 4.69) is 41.9 Å². The predicted octanol–water partition coefficient (Wildman–Crippen LogP) is 3.29. The standard InChI is InChI=1S/C16H17N3/c1-3-19(16-9-5-4-7-13(16)2)12-14-8-6-10-18-15(14)11-17/h4-10H,3,12H2,1-2H3. The van der Waals surface area contributed by atoms with Gasteiger partial charge >= 0.3 is 0 Å². The molecule has 0 radical (unpaired) electrons. The van der Waals surface area contributed by atoms with Crippen LogP contribution in [0.2, 0.25) is 0 Å². The Bertz CT molecular complexity index is 599. The molecular formula is C16H17N3. The Balaban J connectivity index is 2.30. The molecule has 0 saturated heterocycles. The van der Waals surface area contributed by atoms with Crippen LogP contribution in [0.4, 0.5) is 5.69 Å². The number of nitriles is 1. The number of anilines is 1. The van der Waals surface area contributed by atoms with Crippen molar-refractivity contribution in [3.05, 3.63) is 59.4 Å². The topological polar surface area (TPSA) is 39.9 Å². The number of rotatable bonds is 4. The molecule has 0 atom stereocenters. The van der Waals surface area contributed by atoms with Gasteiger partial charge in [-0.3, -0.25) is 0 Å². The highest BCUT2D eigenvalue weighted by molar-refractivity contribution is 5.53. The Hall–Kier alpha value is -2.34. The second-order valence-electron chi connectivity index (χ2n) is 4.42. The highest BCUT2D eigenvalue weighted by Gasteiger charge is 2.10. The molecule has 3 heteroatoms. The van der Waals surface area contributed by atoms with E-state index in [1.54, 1.807) is 6.20 Å². The fraction of sp³-hybridized carbons (Fsp3) is 0.250. The third kappa shape index (κ3) is 2.92. The maximum Gasteiger partial charge on any atom is 0.145 e. The number of aryl methyl sites for hydroxylation is 1. The Morgan fingerprint density at radius 2 is 2.00 bits per heavy atom. The summed E-state index contributed by atoms with van der Waals surface area (Å²) >= 11 is 0. The van der Waals surface area contributed by atoms with Gasteiger partial charge in [-0.05, 0) is 31.5 Å². The number of hydrogen-bond acceptors (Lipinski definition) is 3. The Morgan fingerprint density at radius 3 is 2.68 bits per heavy atom. The molecule has 0 N–H and O–H groups in total. The van der Waals surface area contributed by atoms with E-state index in [1.807, 2.05) is 24.3 Å². The summed E-state index contributed by atoms with van der Waals surface area (Å²) in [4.78, 5) is 6.37. The van der Waals surface area contributed by atoms with Gasteiger partial charge in [-0.1, -0.05) is 24.3 Å². The molecule has 0 aliphatic carbocycles. The summed E-state index contributed by atoms with van der Waals surface area (Å²) in [7, 11) is 0. The molecule has 1 heterocycles. The Labute approximate surface area is 114 Å². The zero-order valence-corrected chi connectivity index (χ0v) is 11.3. The lowest BCUT2D eigenvalue weighted by atomic mass is 10.1. The van der Waals surface area contributed by atoms with E-state index in [0.29, 0.717) is 12.2 Å². The van der Waals surface area contributed by atoms with Crippen LogP contribution in [-0.2, 0) is 6.54 Å². The highest BCUT2D eigenvalue weighted by Crippen LogP contribution is 2.21. The van der Waals surface area contributed by atoms with Crippen molar-refractivity contribution in [1.29, 1.82) is 5.26 Å². The Kier molecular flexibility index (Phi) is 4.15. The minimum Gasteiger partial charge on any atom is -0.367 e. The molecule has 0 amide bonds. The number of hydrogen-bond donors (Lipinski definition) is 0. The maximum atomic E-state index is 9.10. The molecule has 3 nitrogen and oxygen atoms in total. The lowest BCUT2D eigenvalue weighted by molar-refractivity contribution is 0.821. The van der Waals surface area contributed by atoms with Gasteiger partial charge in [0.25, 0.3) is 0 Å². The van der Waals surface area contributed by atoms with Crippen molar-refractivity contribution in [3.63, 3.8) is 0 Å². The van der Waals surface area contributed by atoms with Crippen LogP contribution in [0.5, 0.6) is 0 Å². The summed E-state index contributed by atoms with van der Waals surface area (Å²) in [6.45, 7) is 5.82. The zero-order chi connectivity index (χ0) is 13.7. The van der Waals surface area contributed by atoms with Gasteiger partial charge in [0.05, 0.1) is 0 Å². The van der Waals surface area contributed by atoms with Crippen LogP contribution < -0.4 is 4.90 Å². The first-order valence-electron chi connectivity index (χ1n) is 6.40. The van der Waals surface area contributed by atoms with Gasteiger partial charge in [0.1, 0.15) is 11.8 Å². The van der Waals surface area contributed by atoms with E-state index >= 15 is 0 Å². The monoisotopic (exact) mass is 251 g/mol. The number of benzene rings is 1. The molecule has 0 bridgehead atoms. The first-order chi connectivity index (χ1) is 9.26. The van der Waals surface area contributed by atoms with Gasteiger partial charge < -0.3 is 4.90 Å². The second kappa shape index (κ2) is 6.01. The number of aromatic nitrogens is 1. The third-order valence-electron chi connectivity index (χ3n) is 3.20. The fourth-order valence-corrected chi connectivity index (χ4v) is 2.16. The van der Waals surface area contributed by atoms with Gasteiger partial charge in [-0.25, -0.2) is 4.98 Å². The summed E-state index contributed by atoms with van der Waals surface area (Å²) in [5.74, 6) is 0. The predicted molar refractivity (Wildman–Crippen MR) is 76.9 cm³/mol. The molecule has 0 fully saturated rings. The molecule has 0 saturated carbocycles. The van der Waals surface area contributed by atoms with Crippen molar-refractivity contribution in [2.75, 3.05) is 11.4 Å². The number of nitrogens with zero attached hydrogens (tertiary/aromatic N) is 3. The lowest BCUT2D eigenvalue weighted by Gasteiger charge is -2.25. The van der Waals surface area contributed by atoms with Gasteiger partial charge in [0.15, 0.2) is 0 Å². The first kappa shape index (κ1) is 13.1. The van der Waals surface area contributed by atoms with Crippen LogP contribution in [0.25, 0.3) is 0 Å². The summed E-state index contributed by atoms with van der Waals surface area (Å²) in [5.41, 5.74) is 3.93. The van der Waals surface area contributed by atoms with Crippen LogP contribution >= 0.6 is 0 Å². The molecule has 19 heavy (non-hydrogen) atoms. The van der Waals surface area contributed by atoms with E-state index < -0.39 is 0 Å². The van der Waals surface area contributed by atoms with Crippen molar-refractivity contribution in [1.82, 2.24) is 4.98 Å². The second-order valence-corrected chi connectivity index (χ2v) is 4.42. The van der Waals surface area contributed by atoms with Crippen LogP contribution in [-0.4, -0.2) is 11.5 Å². The number of para-hydroxylation sites is 1. The zero-order valence-electron chi connectivity index (χ0n) is 11.3. The minimum absolute atomic E-state index is 0.509. The molecule has 0 spiro atoms. The largest absolute Gasteiger partial charge is 0.367 e. The lowest BCUT2D eigenvalue weighted by Crippen LogP contribution is -2.23. The van der Waals surface area contributed by atoms with E-state index in [0.717, 1.165) is 12.1 Å².